The van der Waals surface area contributed by atoms with E-state index in [0.717, 1.165) is 32.6 Å². The predicted octanol–water partition coefficient (Wildman–Crippen LogP) is 0.762. The third-order valence-corrected chi connectivity index (χ3v) is 2.74. The van der Waals surface area contributed by atoms with Crippen molar-refractivity contribution in [1.82, 2.24) is 15.1 Å². The van der Waals surface area contributed by atoms with Crippen LogP contribution in [0, 0.1) is 11.3 Å². The summed E-state index contributed by atoms with van der Waals surface area (Å²) < 4.78 is 0. The van der Waals surface area contributed by atoms with E-state index in [9.17, 15) is 0 Å². The number of nitriles is 1. The lowest BCUT2D eigenvalue weighted by atomic mass is 10.0. The minimum absolute atomic E-state index is 0.443. The van der Waals surface area contributed by atoms with Crippen molar-refractivity contribution in [2.45, 2.75) is 25.8 Å². The molecule has 1 N–H and O–H groups in total. The summed E-state index contributed by atoms with van der Waals surface area (Å²) >= 11 is 0. The molecule has 1 atom stereocenters. The van der Waals surface area contributed by atoms with E-state index >= 15 is 0 Å². The molecular weight excluding hydrogens is 200 g/mol. The Kier molecular flexibility index (Phi) is 7.31. The fourth-order valence-corrected chi connectivity index (χ4v) is 1.55. The van der Waals surface area contributed by atoms with Gasteiger partial charge in [-0.1, -0.05) is 6.92 Å². The molecular formula is C12H26N4. The van der Waals surface area contributed by atoms with Gasteiger partial charge in [0, 0.05) is 19.6 Å². The lowest BCUT2D eigenvalue weighted by Crippen LogP contribution is -2.50. The molecule has 0 bridgehead atoms. The Morgan fingerprint density at radius 1 is 1.25 bits per heavy atom. The first-order valence-corrected chi connectivity index (χ1v) is 5.94. The maximum atomic E-state index is 9.13. The van der Waals surface area contributed by atoms with Crippen molar-refractivity contribution in [2.75, 3.05) is 47.3 Å². The smallest absolute Gasteiger partial charge is 0.116 e. The van der Waals surface area contributed by atoms with E-state index in [1.165, 1.54) is 0 Å². The lowest BCUT2D eigenvalue weighted by molar-refractivity contribution is 0.205. The second-order valence-corrected chi connectivity index (χ2v) is 4.77. The molecule has 0 saturated carbocycles. The third-order valence-electron chi connectivity index (χ3n) is 2.74. The number of hydrogen-bond donors (Lipinski definition) is 1. The quantitative estimate of drug-likeness (QED) is 0.663. The third kappa shape index (κ3) is 6.06. The van der Waals surface area contributed by atoms with Crippen LogP contribution in [-0.2, 0) is 0 Å². The molecule has 0 aliphatic rings. The molecule has 16 heavy (non-hydrogen) atoms. The first-order chi connectivity index (χ1) is 7.47. The van der Waals surface area contributed by atoms with E-state index in [2.05, 4.69) is 42.2 Å². The predicted molar refractivity (Wildman–Crippen MR) is 68.4 cm³/mol. The SMILES string of the molecule is CCCN(CCN(C)C)CC(C)(C#N)NC. The highest BCUT2D eigenvalue weighted by Crippen LogP contribution is 2.05. The van der Waals surface area contributed by atoms with Crippen LogP contribution >= 0.6 is 0 Å². The molecule has 0 amide bonds. The number of nitrogens with zero attached hydrogens (tertiary/aromatic N) is 3. The Balaban J connectivity index is 4.26. The van der Waals surface area contributed by atoms with Crippen LogP contribution in [0.3, 0.4) is 0 Å². The number of nitrogens with one attached hydrogen (secondary N) is 1. The summed E-state index contributed by atoms with van der Waals surface area (Å²) in [5.41, 5.74) is -0.443. The van der Waals surface area contributed by atoms with E-state index < -0.39 is 5.54 Å². The van der Waals surface area contributed by atoms with E-state index in [0.29, 0.717) is 0 Å². The van der Waals surface area contributed by atoms with Crippen LogP contribution in [-0.4, -0.2) is 62.7 Å². The molecule has 0 radical (unpaired) electrons. The van der Waals surface area contributed by atoms with Gasteiger partial charge in [-0.15, -0.1) is 0 Å². The molecule has 1 unspecified atom stereocenters. The Morgan fingerprint density at radius 2 is 1.88 bits per heavy atom. The lowest BCUT2D eigenvalue weighted by Gasteiger charge is -2.30. The molecule has 0 heterocycles. The average molecular weight is 226 g/mol. The van der Waals surface area contributed by atoms with Crippen LogP contribution in [0.4, 0.5) is 0 Å². The summed E-state index contributed by atoms with van der Waals surface area (Å²) in [6.45, 7) is 8.00. The summed E-state index contributed by atoms with van der Waals surface area (Å²) in [6, 6.07) is 2.34. The first kappa shape index (κ1) is 15.4. The van der Waals surface area contributed by atoms with Crippen molar-refractivity contribution >= 4 is 0 Å². The van der Waals surface area contributed by atoms with Crippen molar-refractivity contribution in [3.63, 3.8) is 0 Å². The van der Waals surface area contributed by atoms with E-state index in [1.54, 1.807) is 0 Å². The van der Waals surface area contributed by atoms with Gasteiger partial charge in [-0.2, -0.15) is 5.26 Å². The molecule has 0 aromatic heterocycles. The van der Waals surface area contributed by atoms with Gasteiger partial charge >= 0.3 is 0 Å². The minimum Gasteiger partial charge on any atom is -0.308 e. The van der Waals surface area contributed by atoms with Crippen LogP contribution < -0.4 is 5.32 Å². The zero-order chi connectivity index (χ0) is 12.6. The number of likely N-dealkylation sites (N-methyl/N-ethyl adjacent to an activating group) is 2. The van der Waals surface area contributed by atoms with Crippen molar-refractivity contribution in [1.29, 1.82) is 5.26 Å². The first-order valence-electron chi connectivity index (χ1n) is 5.94. The van der Waals surface area contributed by atoms with E-state index in [1.807, 2.05) is 14.0 Å². The molecule has 94 valence electrons. The maximum Gasteiger partial charge on any atom is 0.116 e. The van der Waals surface area contributed by atoms with Gasteiger partial charge in [0.15, 0.2) is 0 Å². The molecule has 0 aliphatic heterocycles. The number of rotatable bonds is 8. The van der Waals surface area contributed by atoms with Crippen LogP contribution in [0.25, 0.3) is 0 Å². The molecule has 0 fully saturated rings. The Hall–Kier alpha value is -0.630. The van der Waals surface area contributed by atoms with Crippen LogP contribution in [0.1, 0.15) is 20.3 Å². The normalized spacial score (nSPS) is 15.1. The molecule has 0 saturated heterocycles. The summed E-state index contributed by atoms with van der Waals surface area (Å²) in [5, 5.41) is 12.2. The second kappa shape index (κ2) is 7.61. The van der Waals surface area contributed by atoms with Crippen LogP contribution in [0.15, 0.2) is 0 Å². The monoisotopic (exact) mass is 226 g/mol. The van der Waals surface area contributed by atoms with Crippen LogP contribution in [0.2, 0.25) is 0 Å². The Bertz CT molecular complexity index is 222. The molecule has 0 aliphatic carbocycles. The molecule has 0 aromatic carbocycles. The maximum absolute atomic E-state index is 9.13. The summed E-state index contributed by atoms with van der Waals surface area (Å²) in [6.07, 6.45) is 1.12. The van der Waals surface area contributed by atoms with Gasteiger partial charge in [0.1, 0.15) is 5.54 Å². The summed E-state index contributed by atoms with van der Waals surface area (Å²) in [7, 11) is 6.00. The van der Waals surface area contributed by atoms with E-state index in [4.69, 9.17) is 5.26 Å². The highest BCUT2D eigenvalue weighted by atomic mass is 15.2. The van der Waals surface area contributed by atoms with Gasteiger partial charge in [-0.05, 0) is 41.0 Å². The highest BCUT2D eigenvalue weighted by molar-refractivity contribution is 5.04. The zero-order valence-corrected chi connectivity index (χ0v) is 11.4. The number of hydrogen-bond acceptors (Lipinski definition) is 4. The topological polar surface area (TPSA) is 42.3 Å². The van der Waals surface area contributed by atoms with Gasteiger partial charge in [0.05, 0.1) is 6.07 Å². The summed E-state index contributed by atoms with van der Waals surface area (Å²) in [4.78, 5) is 4.52. The standard InChI is InChI=1S/C12H26N4/c1-6-7-16(9-8-15(4)5)11-12(2,10-13)14-3/h14H,6-9,11H2,1-5H3. The largest absolute Gasteiger partial charge is 0.308 e. The van der Waals surface area contributed by atoms with Gasteiger partial charge < -0.3 is 10.2 Å². The van der Waals surface area contributed by atoms with Gasteiger partial charge in [0.2, 0.25) is 0 Å². The fourth-order valence-electron chi connectivity index (χ4n) is 1.55. The molecule has 0 rings (SSSR count). The van der Waals surface area contributed by atoms with Crippen molar-refractivity contribution in [3.8, 4) is 6.07 Å². The minimum atomic E-state index is -0.443. The molecule has 4 heteroatoms. The Labute approximate surface area is 100 Å². The van der Waals surface area contributed by atoms with Crippen LogP contribution in [0.5, 0.6) is 0 Å². The van der Waals surface area contributed by atoms with Crippen molar-refractivity contribution in [3.05, 3.63) is 0 Å². The van der Waals surface area contributed by atoms with Gasteiger partial charge in [-0.25, -0.2) is 0 Å². The zero-order valence-electron chi connectivity index (χ0n) is 11.4. The molecule has 0 aromatic rings. The molecule has 4 nitrogen and oxygen atoms in total. The van der Waals surface area contributed by atoms with Gasteiger partial charge in [-0.3, -0.25) is 4.90 Å². The summed E-state index contributed by atoms with van der Waals surface area (Å²) in [5.74, 6) is 0. The molecule has 0 spiro atoms. The van der Waals surface area contributed by atoms with Crippen molar-refractivity contribution < 1.29 is 0 Å². The average Bonchev–Trinajstić information content (AvgIpc) is 2.26. The highest BCUT2D eigenvalue weighted by Gasteiger charge is 2.24. The second-order valence-electron chi connectivity index (χ2n) is 4.77. The van der Waals surface area contributed by atoms with E-state index in [-0.39, 0.29) is 0 Å². The van der Waals surface area contributed by atoms with Crippen molar-refractivity contribution in [2.24, 2.45) is 0 Å². The Morgan fingerprint density at radius 3 is 2.25 bits per heavy atom. The van der Waals surface area contributed by atoms with Gasteiger partial charge in [0.25, 0.3) is 0 Å². The fraction of sp³-hybridized carbons (Fsp3) is 0.917.